The van der Waals surface area contributed by atoms with Crippen molar-refractivity contribution < 1.29 is 4.74 Å². The predicted molar refractivity (Wildman–Crippen MR) is 105 cm³/mol. The van der Waals surface area contributed by atoms with Crippen LogP contribution in [0.25, 0.3) is 17.1 Å². The van der Waals surface area contributed by atoms with Gasteiger partial charge in [-0.25, -0.2) is 9.36 Å². The van der Waals surface area contributed by atoms with E-state index in [-0.39, 0.29) is 11.6 Å². The molecule has 0 aliphatic rings. The quantitative estimate of drug-likeness (QED) is 0.642. The molecule has 0 spiro atoms. The van der Waals surface area contributed by atoms with Crippen molar-refractivity contribution in [1.82, 2.24) is 24.5 Å². The summed E-state index contributed by atoms with van der Waals surface area (Å²) in [6.45, 7) is 5.18. The average molecular weight is 367 g/mol. The molecule has 2 heterocycles. The van der Waals surface area contributed by atoms with Crippen molar-refractivity contribution in [1.29, 1.82) is 0 Å². The molecule has 0 N–H and O–H groups in total. The lowest BCUT2D eigenvalue weighted by Gasteiger charge is -2.14. The smallest absolute Gasteiger partial charge is 0.267 e. The molecule has 0 bridgehead atoms. The van der Waals surface area contributed by atoms with Crippen LogP contribution in [-0.4, -0.2) is 51.7 Å². The summed E-state index contributed by atoms with van der Waals surface area (Å²) in [5, 5.41) is 9.07. The summed E-state index contributed by atoms with van der Waals surface area (Å²) < 4.78 is 9.25. The van der Waals surface area contributed by atoms with Gasteiger partial charge in [-0.05, 0) is 46.1 Å². The molecule has 142 valence electrons. The fourth-order valence-electron chi connectivity index (χ4n) is 2.70. The van der Waals surface area contributed by atoms with Crippen LogP contribution < -0.4 is 10.3 Å². The molecule has 0 atom stereocenters. The fourth-order valence-corrected chi connectivity index (χ4v) is 2.70. The zero-order chi connectivity index (χ0) is 19.4. The van der Waals surface area contributed by atoms with Crippen LogP contribution in [0.5, 0.6) is 5.75 Å². The number of rotatable bonds is 7. The molecular weight excluding hydrogens is 342 g/mol. The number of para-hydroxylation sites is 1. The van der Waals surface area contributed by atoms with E-state index in [2.05, 4.69) is 15.1 Å². The number of aromatic nitrogens is 4. The molecule has 0 radical (unpaired) electrons. The van der Waals surface area contributed by atoms with Gasteiger partial charge < -0.3 is 9.64 Å². The van der Waals surface area contributed by atoms with Crippen LogP contribution in [-0.2, 0) is 0 Å². The van der Waals surface area contributed by atoms with Gasteiger partial charge in [0, 0.05) is 12.6 Å². The summed E-state index contributed by atoms with van der Waals surface area (Å²) in [6, 6.07) is 13.0. The van der Waals surface area contributed by atoms with Gasteiger partial charge in [0.2, 0.25) is 0 Å². The minimum atomic E-state index is -0.130. The van der Waals surface area contributed by atoms with E-state index in [1.807, 2.05) is 58.3 Å². The molecule has 0 amide bonds. The van der Waals surface area contributed by atoms with Gasteiger partial charge in [-0.1, -0.05) is 18.2 Å². The second kappa shape index (κ2) is 8.18. The number of ether oxygens (including phenoxy) is 1. The molecule has 0 saturated carbocycles. The highest BCUT2D eigenvalue weighted by molar-refractivity contribution is 5.64. The summed E-state index contributed by atoms with van der Waals surface area (Å²) >= 11 is 0. The van der Waals surface area contributed by atoms with Crippen LogP contribution in [0.15, 0.2) is 53.5 Å². The summed E-state index contributed by atoms with van der Waals surface area (Å²) in [7, 11) is 4.00. The molecule has 1 aromatic carbocycles. The minimum absolute atomic E-state index is 0.0383. The van der Waals surface area contributed by atoms with Crippen molar-refractivity contribution in [2.24, 2.45) is 0 Å². The molecule has 0 aliphatic heterocycles. The van der Waals surface area contributed by atoms with Crippen molar-refractivity contribution in [3.63, 3.8) is 0 Å². The summed E-state index contributed by atoms with van der Waals surface area (Å²) in [6.07, 6.45) is 1.70. The average Bonchev–Trinajstić information content (AvgIpc) is 3.06. The number of hydrogen-bond acceptors (Lipinski definition) is 5. The molecule has 3 rings (SSSR count). The molecule has 7 nitrogen and oxygen atoms in total. The number of likely N-dealkylation sites (N-methyl/N-ethyl adjacent to an activating group) is 1. The Hall–Kier alpha value is -2.93. The molecule has 27 heavy (non-hydrogen) atoms. The highest BCUT2D eigenvalue weighted by Crippen LogP contribution is 2.30. The Balaban J connectivity index is 2.09. The zero-order valence-corrected chi connectivity index (χ0v) is 16.2. The topological polar surface area (TPSA) is 65.2 Å². The number of nitrogens with zero attached hydrogens (tertiary/aromatic N) is 5. The summed E-state index contributed by atoms with van der Waals surface area (Å²) in [4.78, 5) is 14.2. The van der Waals surface area contributed by atoms with Crippen LogP contribution in [0.3, 0.4) is 0 Å². The second-order valence-corrected chi connectivity index (χ2v) is 6.85. The van der Waals surface area contributed by atoms with Crippen LogP contribution in [0.4, 0.5) is 0 Å². The fraction of sp³-hybridized carbons (Fsp3) is 0.350. The lowest BCUT2D eigenvalue weighted by Crippen LogP contribution is -2.24. The Morgan fingerprint density at radius 2 is 1.85 bits per heavy atom. The van der Waals surface area contributed by atoms with Gasteiger partial charge in [-0.2, -0.15) is 10.2 Å². The third-order valence-electron chi connectivity index (χ3n) is 4.09. The van der Waals surface area contributed by atoms with E-state index < -0.39 is 0 Å². The SMILES string of the molecule is CC(C)n1nc(-c2c(OCCN(C)C)cnn2-c2ccccc2)ccc1=O. The van der Waals surface area contributed by atoms with E-state index in [1.165, 1.54) is 10.7 Å². The van der Waals surface area contributed by atoms with Crippen LogP contribution in [0, 0.1) is 0 Å². The minimum Gasteiger partial charge on any atom is -0.488 e. The molecule has 2 aromatic heterocycles. The zero-order valence-electron chi connectivity index (χ0n) is 16.2. The van der Waals surface area contributed by atoms with E-state index in [0.717, 1.165) is 17.9 Å². The van der Waals surface area contributed by atoms with Crippen LogP contribution in [0.1, 0.15) is 19.9 Å². The Morgan fingerprint density at radius 3 is 2.52 bits per heavy atom. The first-order chi connectivity index (χ1) is 13.0. The molecule has 0 saturated heterocycles. The van der Waals surface area contributed by atoms with Crippen molar-refractivity contribution in [2.45, 2.75) is 19.9 Å². The molecule has 0 unspecified atom stereocenters. The van der Waals surface area contributed by atoms with Gasteiger partial charge in [0.05, 0.1) is 17.9 Å². The van der Waals surface area contributed by atoms with Gasteiger partial charge >= 0.3 is 0 Å². The third-order valence-corrected chi connectivity index (χ3v) is 4.09. The van der Waals surface area contributed by atoms with Gasteiger partial charge in [0.1, 0.15) is 18.0 Å². The van der Waals surface area contributed by atoms with E-state index in [1.54, 1.807) is 16.9 Å². The Kier molecular flexibility index (Phi) is 5.71. The highest BCUT2D eigenvalue weighted by atomic mass is 16.5. The lowest BCUT2D eigenvalue weighted by molar-refractivity contribution is 0.262. The monoisotopic (exact) mass is 367 g/mol. The van der Waals surface area contributed by atoms with Crippen molar-refractivity contribution in [2.75, 3.05) is 27.2 Å². The van der Waals surface area contributed by atoms with Gasteiger partial charge in [-0.3, -0.25) is 4.79 Å². The Bertz CT molecular complexity index is 945. The van der Waals surface area contributed by atoms with Gasteiger partial charge in [0.25, 0.3) is 5.56 Å². The number of benzene rings is 1. The Morgan fingerprint density at radius 1 is 1.11 bits per heavy atom. The maximum atomic E-state index is 12.1. The number of hydrogen-bond donors (Lipinski definition) is 0. The standard InChI is InChI=1S/C20H25N5O2/c1-15(2)24-19(26)11-10-17(22-24)20-18(27-13-12-23(3)4)14-21-25(20)16-8-6-5-7-9-16/h5-11,14-15H,12-13H2,1-4H3. The molecule has 0 aliphatic carbocycles. The van der Waals surface area contributed by atoms with E-state index in [4.69, 9.17) is 4.74 Å². The predicted octanol–water partition coefficient (Wildman–Crippen LogP) is 2.62. The normalized spacial score (nSPS) is 11.3. The maximum absolute atomic E-state index is 12.1. The van der Waals surface area contributed by atoms with E-state index >= 15 is 0 Å². The largest absolute Gasteiger partial charge is 0.488 e. The van der Waals surface area contributed by atoms with Crippen LogP contribution >= 0.6 is 0 Å². The molecule has 7 heteroatoms. The summed E-state index contributed by atoms with van der Waals surface area (Å²) in [5.74, 6) is 0.641. The highest BCUT2D eigenvalue weighted by Gasteiger charge is 2.18. The Labute approximate surface area is 158 Å². The van der Waals surface area contributed by atoms with E-state index in [9.17, 15) is 4.79 Å². The van der Waals surface area contributed by atoms with Crippen LogP contribution in [0.2, 0.25) is 0 Å². The first-order valence-corrected chi connectivity index (χ1v) is 8.98. The van der Waals surface area contributed by atoms with E-state index in [0.29, 0.717) is 18.1 Å². The molecule has 3 aromatic rings. The molecular formula is C20H25N5O2. The van der Waals surface area contributed by atoms with Crippen molar-refractivity contribution >= 4 is 0 Å². The maximum Gasteiger partial charge on any atom is 0.267 e. The first-order valence-electron chi connectivity index (χ1n) is 8.98. The first kappa shape index (κ1) is 18.8. The second-order valence-electron chi connectivity index (χ2n) is 6.85. The lowest BCUT2D eigenvalue weighted by atomic mass is 10.2. The van der Waals surface area contributed by atoms with Gasteiger partial charge in [0.15, 0.2) is 5.75 Å². The van der Waals surface area contributed by atoms with Gasteiger partial charge in [-0.15, -0.1) is 0 Å². The summed E-state index contributed by atoms with van der Waals surface area (Å²) in [5.41, 5.74) is 2.15. The third kappa shape index (κ3) is 4.25. The molecule has 0 fully saturated rings. The van der Waals surface area contributed by atoms with Crippen molar-refractivity contribution in [3.05, 3.63) is 59.0 Å². The van der Waals surface area contributed by atoms with Crippen molar-refractivity contribution in [3.8, 4) is 22.8 Å².